The van der Waals surface area contributed by atoms with E-state index in [1.54, 1.807) is 7.11 Å². The molecule has 4 heteroatoms. The predicted octanol–water partition coefficient (Wildman–Crippen LogP) is 4.90. The highest BCUT2D eigenvalue weighted by molar-refractivity contribution is 9.10. The second-order valence-electron chi connectivity index (χ2n) is 4.49. The Hall–Kier alpha value is -1.03. The van der Waals surface area contributed by atoms with E-state index in [4.69, 9.17) is 16.3 Å². The first-order valence-electron chi connectivity index (χ1n) is 6.45. The minimum absolute atomic E-state index is 0.697. The number of nitrogens with one attached hydrogen (secondary N) is 1. The normalized spacial score (nSPS) is 10.6. The molecule has 20 heavy (non-hydrogen) atoms. The van der Waals surface area contributed by atoms with Crippen molar-refractivity contribution in [3.05, 3.63) is 63.1 Å². The Labute approximate surface area is 133 Å². The van der Waals surface area contributed by atoms with Crippen molar-refractivity contribution in [3.63, 3.8) is 0 Å². The van der Waals surface area contributed by atoms with Gasteiger partial charge in [0.15, 0.2) is 0 Å². The van der Waals surface area contributed by atoms with Crippen molar-refractivity contribution in [1.29, 1.82) is 0 Å². The lowest BCUT2D eigenvalue weighted by atomic mass is 10.1. The van der Waals surface area contributed by atoms with Gasteiger partial charge in [-0.15, -0.1) is 0 Å². The zero-order chi connectivity index (χ0) is 14.4. The van der Waals surface area contributed by atoms with Gasteiger partial charge in [0.05, 0.1) is 6.61 Å². The smallest absolute Gasteiger partial charge is 0.0503 e. The third-order valence-electron chi connectivity index (χ3n) is 3.07. The topological polar surface area (TPSA) is 21.3 Å². The molecule has 0 saturated carbocycles. The third-order valence-corrected chi connectivity index (χ3v) is 3.93. The van der Waals surface area contributed by atoms with Crippen LogP contribution in [-0.2, 0) is 17.7 Å². The average Bonchev–Trinajstić information content (AvgIpc) is 2.47. The Morgan fingerprint density at radius 3 is 2.75 bits per heavy atom. The van der Waals surface area contributed by atoms with E-state index in [0.717, 1.165) is 33.8 Å². The van der Waals surface area contributed by atoms with Gasteiger partial charge in [-0.3, -0.25) is 0 Å². The van der Waals surface area contributed by atoms with E-state index in [0.29, 0.717) is 6.54 Å². The molecule has 0 aliphatic carbocycles. The van der Waals surface area contributed by atoms with E-state index >= 15 is 0 Å². The van der Waals surface area contributed by atoms with Crippen molar-refractivity contribution >= 4 is 33.2 Å². The van der Waals surface area contributed by atoms with Crippen molar-refractivity contribution in [3.8, 4) is 0 Å². The summed E-state index contributed by atoms with van der Waals surface area (Å²) in [6, 6.07) is 14.1. The number of anilines is 1. The van der Waals surface area contributed by atoms with Gasteiger partial charge in [0, 0.05) is 28.8 Å². The molecule has 0 fully saturated rings. The molecule has 0 atom stereocenters. The quantitative estimate of drug-likeness (QED) is 0.796. The van der Waals surface area contributed by atoms with Gasteiger partial charge in [-0.25, -0.2) is 0 Å². The van der Waals surface area contributed by atoms with E-state index in [9.17, 15) is 0 Å². The van der Waals surface area contributed by atoms with E-state index in [2.05, 4.69) is 33.4 Å². The first-order chi connectivity index (χ1) is 9.70. The maximum Gasteiger partial charge on any atom is 0.0503 e. The number of methoxy groups -OCH3 is 1. The third kappa shape index (κ3) is 4.23. The summed E-state index contributed by atoms with van der Waals surface area (Å²) in [5.41, 5.74) is 3.45. The van der Waals surface area contributed by atoms with Crippen LogP contribution in [0.5, 0.6) is 0 Å². The number of ether oxygens (including phenoxy) is 1. The highest BCUT2D eigenvalue weighted by Gasteiger charge is 2.04. The molecule has 0 aromatic heterocycles. The first kappa shape index (κ1) is 15.4. The Balaban J connectivity index is 2.08. The summed E-state index contributed by atoms with van der Waals surface area (Å²) < 4.78 is 6.18. The summed E-state index contributed by atoms with van der Waals surface area (Å²) in [6.07, 6.45) is 0.895. The molecule has 106 valence electrons. The fraction of sp³-hybridized carbons (Fsp3) is 0.250. The van der Waals surface area contributed by atoms with Gasteiger partial charge in [-0.2, -0.15) is 0 Å². The molecule has 0 amide bonds. The van der Waals surface area contributed by atoms with Crippen molar-refractivity contribution in [2.75, 3.05) is 19.0 Å². The van der Waals surface area contributed by atoms with Crippen LogP contribution in [0.2, 0.25) is 5.02 Å². The number of halogens is 2. The Morgan fingerprint density at radius 2 is 1.95 bits per heavy atom. The number of para-hydroxylation sites is 1. The van der Waals surface area contributed by atoms with Crippen LogP contribution in [-0.4, -0.2) is 13.7 Å². The van der Waals surface area contributed by atoms with Gasteiger partial charge in [0.2, 0.25) is 0 Å². The van der Waals surface area contributed by atoms with Gasteiger partial charge in [-0.1, -0.05) is 45.7 Å². The zero-order valence-corrected chi connectivity index (χ0v) is 13.7. The van der Waals surface area contributed by atoms with Crippen LogP contribution in [0.4, 0.5) is 5.69 Å². The highest BCUT2D eigenvalue weighted by Crippen LogP contribution is 2.23. The van der Waals surface area contributed by atoms with E-state index < -0.39 is 0 Å². The summed E-state index contributed by atoms with van der Waals surface area (Å²) in [5.74, 6) is 0. The molecule has 0 aliphatic heterocycles. The van der Waals surface area contributed by atoms with E-state index in [1.165, 1.54) is 5.56 Å². The minimum Gasteiger partial charge on any atom is -0.384 e. The number of rotatable bonds is 6. The van der Waals surface area contributed by atoms with Gasteiger partial charge < -0.3 is 10.1 Å². The number of hydrogen-bond donors (Lipinski definition) is 1. The second-order valence-corrected chi connectivity index (χ2v) is 5.81. The highest BCUT2D eigenvalue weighted by atomic mass is 79.9. The molecule has 0 spiro atoms. The van der Waals surface area contributed by atoms with E-state index in [1.807, 2.05) is 30.3 Å². The number of benzene rings is 2. The molecule has 0 aliphatic rings. The molecule has 0 unspecified atom stereocenters. The van der Waals surface area contributed by atoms with Crippen molar-refractivity contribution in [2.24, 2.45) is 0 Å². The van der Waals surface area contributed by atoms with Crippen LogP contribution in [0.25, 0.3) is 0 Å². The van der Waals surface area contributed by atoms with Crippen molar-refractivity contribution in [1.82, 2.24) is 0 Å². The lowest BCUT2D eigenvalue weighted by Gasteiger charge is -2.13. The first-order valence-corrected chi connectivity index (χ1v) is 7.62. The van der Waals surface area contributed by atoms with Gasteiger partial charge in [-0.05, 0) is 41.8 Å². The standard InChI is InChI=1S/C16H17BrClNO/c1-20-9-8-12-4-2-3-5-16(12)19-11-13-10-14(17)6-7-15(13)18/h2-7,10,19H,8-9,11H2,1H3. The van der Waals surface area contributed by atoms with Crippen LogP contribution in [0.15, 0.2) is 46.9 Å². The molecular formula is C16H17BrClNO. The largest absolute Gasteiger partial charge is 0.384 e. The molecule has 1 N–H and O–H groups in total. The van der Waals surface area contributed by atoms with Crippen LogP contribution in [0.3, 0.4) is 0 Å². The summed E-state index contributed by atoms with van der Waals surface area (Å²) in [6.45, 7) is 1.42. The lowest BCUT2D eigenvalue weighted by molar-refractivity contribution is 0.202. The van der Waals surface area contributed by atoms with Crippen LogP contribution in [0, 0.1) is 0 Å². The van der Waals surface area contributed by atoms with Crippen LogP contribution < -0.4 is 5.32 Å². The van der Waals surface area contributed by atoms with Gasteiger partial charge in [0.1, 0.15) is 0 Å². The Kier molecular flexibility index (Phi) is 5.89. The molecule has 2 nitrogen and oxygen atoms in total. The molecular weight excluding hydrogens is 338 g/mol. The zero-order valence-electron chi connectivity index (χ0n) is 11.3. The molecule has 2 rings (SSSR count). The molecule has 0 bridgehead atoms. The van der Waals surface area contributed by atoms with Crippen LogP contribution >= 0.6 is 27.5 Å². The fourth-order valence-corrected chi connectivity index (χ4v) is 2.58. The van der Waals surface area contributed by atoms with E-state index in [-0.39, 0.29) is 0 Å². The molecule has 2 aromatic carbocycles. The Morgan fingerprint density at radius 1 is 1.15 bits per heavy atom. The molecule has 0 heterocycles. The monoisotopic (exact) mass is 353 g/mol. The molecule has 0 radical (unpaired) electrons. The average molecular weight is 355 g/mol. The lowest BCUT2D eigenvalue weighted by Crippen LogP contribution is -2.04. The summed E-state index contributed by atoms with van der Waals surface area (Å²) in [4.78, 5) is 0. The minimum atomic E-state index is 0.697. The number of hydrogen-bond acceptors (Lipinski definition) is 2. The summed E-state index contributed by atoms with van der Waals surface area (Å²) >= 11 is 9.67. The van der Waals surface area contributed by atoms with Gasteiger partial charge >= 0.3 is 0 Å². The van der Waals surface area contributed by atoms with Gasteiger partial charge in [0.25, 0.3) is 0 Å². The maximum absolute atomic E-state index is 6.21. The predicted molar refractivity (Wildman–Crippen MR) is 88.5 cm³/mol. The summed E-state index contributed by atoms with van der Waals surface area (Å²) in [7, 11) is 1.72. The maximum atomic E-state index is 6.21. The molecule has 2 aromatic rings. The second kappa shape index (κ2) is 7.67. The van der Waals surface area contributed by atoms with Crippen molar-refractivity contribution < 1.29 is 4.74 Å². The fourth-order valence-electron chi connectivity index (χ4n) is 1.99. The van der Waals surface area contributed by atoms with Crippen molar-refractivity contribution in [2.45, 2.75) is 13.0 Å². The Bertz CT molecular complexity index is 574. The van der Waals surface area contributed by atoms with Crippen LogP contribution in [0.1, 0.15) is 11.1 Å². The molecule has 0 saturated heterocycles. The summed E-state index contributed by atoms with van der Waals surface area (Å²) in [5, 5.41) is 4.22. The SMILES string of the molecule is COCCc1ccccc1NCc1cc(Br)ccc1Cl.